The van der Waals surface area contributed by atoms with Crippen molar-refractivity contribution in [1.29, 1.82) is 0 Å². The van der Waals surface area contributed by atoms with E-state index in [1.807, 2.05) is 26.0 Å². The van der Waals surface area contributed by atoms with Crippen LogP contribution in [0.25, 0.3) is 0 Å². The molecule has 3 heteroatoms. The number of benzene rings is 2. The molecular weight excluding hydrogens is 251 g/mol. The van der Waals surface area contributed by atoms with Crippen LogP contribution in [-0.2, 0) is 6.61 Å². The molecule has 0 unspecified atom stereocenters. The number of rotatable bonds is 3. The van der Waals surface area contributed by atoms with Crippen molar-refractivity contribution in [3.05, 3.63) is 63.9 Å². The van der Waals surface area contributed by atoms with E-state index in [0.29, 0.717) is 6.61 Å². The Morgan fingerprint density at radius 3 is 2.56 bits per heavy atom. The molecular formula is C15H14ClFO. The Morgan fingerprint density at radius 1 is 1.11 bits per heavy atom. The van der Waals surface area contributed by atoms with Gasteiger partial charge in [0.05, 0.1) is 5.02 Å². The molecule has 0 aromatic heterocycles. The molecule has 0 radical (unpaired) electrons. The van der Waals surface area contributed by atoms with Crippen molar-refractivity contribution in [1.82, 2.24) is 0 Å². The zero-order valence-electron chi connectivity index (χ0n) is 10.3. The molecule has 2 aromatic rings. The van der Waals surface area contributed by atoms with Crippen molar-refractivity contribution in [2.24, 2.45) is 0 Å². The molecule has 0 aliphatic carbocycles. The Labute approximate surface area is 111 Å². The van der Waals surface area contributed by atoms with Gasteiger partial charge in [-0.15, -0.1) is 0 Å². The Bertz CT molecular complexity index is 566. The van der Waals surface area contributed by atoms with Gasteiger partial charge in [0.1, 0.15) is 18.2 Å². The average Bonchev–Trinajstić information content (AvgIpc) is 2.32. The van der Waals surface area contributed by atoms with E-state index in [9.17, 15) is 4.39 Å². The number of ether oxygens (including phenoxy) is 1. The predicted molar refractivity (Wildman–Crippen MR) is 71.7 cm³/mol. The lowest BCUT2D eigenvalue weighted by molar-refractivity contribution is 0.304. The van der Waals surface area contributed by atoms with Gasteiger partial charge < -0.3 is 4.74 Å². The Kier molecular flexibility index (Phi) is 3.87. The molecule has 1 nitrogen and oxygen atoms in total. The van der Waals surface area contributed by atoms with Gasteiger partial charge in [-0.25, -0.2) is 4.39 Å². The molecule has 2 rings (SSSR count). The molecule has 0 spiro atoms. The van der Waals surface area contributed by atoms with E-state index in [-0.39, 0.29) is 5.02 Å². The van der Waals surface area contributed by atoms with Gasteiger partial charge in [-0.05, 0) is 43.2 Å². The van der Waals surface area contributed by atoms with Crippen molar-refractivity contribution in [2.75, 3.05) is 0 Å². The Balaban J connectivity index is 2.09. The summed E-state index contributed by atoms with van der Waals surface area (Å²) in [5.74, 6) is 0.424. The molecule has 18 heavy (non-hydrogen) atoms. The zero-order chi connectivity index (χ0) is 13.1. The highest BCUT2D eigenvalue weighted by molar-refractivity contribution is 6.30. The van der Waals surface area contributed by atoms with E-state index in [4.69, 9.17) is 16.3 Å². The first-order valence-corrected chi connectivity index (χ1v) is 6.08. The molecule has 0 atom stereocenters. The van der Waals surface area contributed by atoms with E-state index >= 15 is 0 Å². The summed E-state index contributed by atoms with van der Waals surface area (Å²) in [4.78, 5) is 0. The smallest absolute Gasteiger partial charge is 0.141 e. The van der Waals surface area contributed by atoms with Gasteiger partial charge in [-0.3, -0.25) is 0 Å². The van der Waals surface area contributed by atoms with Crippen molar-refractivity contribution < 1.29 is 9.13 Å². The third kappa shape index (κ3) is 3.02. The van der Waals surface area contributed by atoms with Gasteiger partial charge in [0.15, 0.2) is 0 Å². The van der Waals surface area contributed by atoms with Crippen LogP contribution in [0.15, 0.2) is 36.4 Å². The molecule has 94 valence electrons. The molecule has 0 heterocycles. The van der Waals surface area contributed by atoms with E-state index < -0.39 is 5.82 Å². The van der Waals surface area contributed by atoms with E-state index in [1.54, 1.807) is 12.1 Å². The van der Waals surface area contributed by atoms with Crippen LogP contribution in [0.1, 0.15) is 16.7 Å². The summed E-state index contributed by atoms with van der Waals surface area (Å²) in [6, 6.07) is 10.6. The lowest BCUT2D eigenvalue weighted by Gasteiger charge is -2.10. The van der Waals surface area contributed by atoms with E-state index in [1.165, 1.54) is 11.6 Å². The Hall–Kier alpha value is -1.54. The van der Waals surface area contributed by atoms with Gasteiger partial charge in [-0.1, -0.05) is 35.4 Å². The Morgan fingerprint density at radius 2 is 1.89 bits per heavy atom. The minimum Gasteiger partial charge on any atom is -0.489 e. The SMILES string of the molecule is Cc1ccc(OCc2ccc(F)c(Cl)c2)c(C)c1. The largest absolute Gasteiger partial charge is 0.489 e. The monoisotopic (exact) mass is 264 g/mol. The van der Waals surface area contributed by atoms with Crippen molar-refractivity contribution in [2.45, 2.75) is 20.5 Å². The summed E-state index contributed by atoms with van der Waals surface area (Å²) in [6.07, 6.45) is 0. The first-order chi connectivity index (χ1) is 8.56. The second-order valence-corrected chi connectivity index (χ2v) is 4.71. The van der Waals surface area contributed by atoms with Crippen molar-refractivity contribution >= 4 is 11.6 Å². The van der Waals surface area contributed by atoms with Crippen LogP contribution in [0, 0.1) is 19.7 Å². The predicted octanol–water partition coefficient (Wildman–Crippen LogP) is 4.67. The highest BCUT2D eigenvalue weighted by Gasteiger charge is 2.03. The minimum absolute atomic E-state index is 0.122. The maximum atomic E-state index is 13.0. The topological polar surface area (TPSA) is 9.23 Å². The van der Waals surface area contributed by atoms with E-state index in [2.05, 4.69) is 6.07 Å². The fourth-order valence-electron chi connectivity index (χ4n) is 1.75. The van der Waals surface area contributed by atoms with Crippen LogP contribution >= 0.6 is 11.6 Å². The van der Waals surface area contributed by atoms with Gasteiger partial charge in [0.25, 0.3) is 0 Å². The fourth-order valence-corrected chi connectivity index (χ4v) is 1.95. The molecule has 2 aromatic carbocycles. The number of aryl methyl sites for hydroxylation is 2. The quantitative estimate of drug-likeness (QED) is 0.782. The van der Waals surface area contributed by atoms with Crippen molar-refractivity contribution in [3.8, 4) is 5.75 Å². The molecule has 0 bridgehead atoms. The maximum absolute atomic E-state index is 13.0. The lowest BCUT2D eigenvalue weighted by Crippen LogP contribution is -1.97. The maximum Gasteiger partial charge on any atom is 0.141 e. The second kappa shape index (κ2) is 5.40. The van der Waals surface area contributed by atoms with Crippen LogP contribution in [0.3, 0.4) is 0 Å². The molecule has 0 aliphatic rings. The fraction of sp³-hybridized carbons (Fsp3) is 0.200. The van der Waals surface area contributed by atoms with Gasteiger partial charge in [0.2, 0.25) is 0 Å². The third-order valence-corrected chi connectivity index (χ3v) is 3.00. The van der Waals surface area contributed by atoms with Gasteiger partial charge in [0, 0.05) is 0 Å². The highest BCUT2D eigenvalue weighted by Crippen LogP contribution is 2.21. The van der Waals surface area contributed by atoms with Crippen LogP contribution in [0.2, 0.25) is 5.02 Å². The second-order valence-electron chi connectivity index (χ2n) is 4.31. The molecule has 0 saturated heterocycles. The van der Waals surface area contributed by atoms with E-state index in [0.717, 1.165) is 16.9 Å². The zero-order valence-corrected chi connectivity index (χ0v) is 11.1. The normalized spacial score (nSPS) is 10.4. The first kappa shape index (κ1) is 12.9. The van der Waals surface area contributed by atoms with Crippen LogP contribution < -0.4 is 4.74 Å². The van der Waals surface area contributed by atoms with Crippen LogP contribution in [0.4, 0.5) is 4.39 Å². The van der Waals surface area contributed by atoms with Gasteiger partial charge >= 0.3 is 0 Å². The summed E-state index contributed by atoms with van der Waals surface area (Å²) in [6.45, 7) is 4.42. The standard InChI is InChI=1S/C15H14ClFO/c1-10-3-6-15(11(2)7-10)18-9-12-4-5-14(17)13(16)8-12/h3-8H,9H2,1-2H3. The highest BCUT2D eigenvalue weighted by atomic mass is 35.5. The molecule has 0 amide bonds. The van der Waals surface area contributed by atoms with Crippen molar-refractivity contribution in [3.63, 3.8) is 0 Å². The molecule has 0 saturated carbocycles. The summed E-state index contributed by atoms with van der Waals surface area (Å²) >= 11 is 5.72. The summed E-state index contributed by atoms with van der Waals surface area (Å²) in [7, 11) is 0. The molecule has 0 fully saturated rings. The number of hydrogen-bond donors (Lipinski definition) is 0. The number of halogens is 2. The molecule has 0 aliphatic heterocycles. The summed E-state index contributed by atoms with van der Waals surface area (Å²) in [5, 5.41) is 0.122. The summed E-state index contributed by atoms with van der Waals surface area (Å²) < 4.78 is 18.7. The van der Waals surface area contributed by atoms with Gasteiger partial charge in [-0.2, -0.15) is 0 Å². The van der Waals surface area contributed by atoms with Crippen LogP contribution in [0.5, 0.6) is 5.75 Å². The minimum atomic E-state index is -0.410. The first-order valence-electron chi connectivity index (χ1n) is 5.70. The average molecular weight is 265 g/mol. The third-order valence-electron chi connectivity index (χ3n) is 2.71. The molecule has 0 N–H and O–H groups in total. The summed E-state index contributed by atoms with van der Waals surface area (Å²) in [5.41, 5.74) is 3.13. The van der Waals surface area contributed by atoms with Crippen LogP contribution in [-0.4, -0.2) is 0 Å². The number of hydrogen-bond acceptors (Lipinski definition) is 1. The lowest BCUT2D eigenvalue weighted by atomic mass is 10.1.